The zero-order chi connectivity index (χ0) is 27.8. The van der Waals surface area contributed by atoms with Gasteiger partial charge in [-0.05, 0) is 73.4 Å². The summed E-state index contributed by atoms with van der Waals surface area (Å²) < 4.78 is 36.3. The number of nitrogens with zero attached hydrogens (tertiary/aromatic N) is 5. The Balaban J connectivity index is 1.19. The number of rotatable bonds is 3. The van der Waals surface area contributed by atoms with Crippen molar-refractivity contribution >= 4 is 17.3 Å². The third-order valence-electron chi connectivity index (χ3n) is 7.92. The smallest absolute Gasteiger partial charge is 0.410 e. The molecule has 6 rings (SSSR count). The van der Waals surface area contributed by atoms with Crippen molar-refractivity contribution in [2.75, 3.05) is 13.1 Å². The minimum absolute atomic E-state index is 0.0881. The number of imidazole rings is 1. The van der Waals surface area contributed by atoms with Gasteiger partial charge < -0.3 is 9.64 Å². The third kappa shape index (κ3) is 4.70. The summed E-state index contributed by atoms with van der Waals surface area (Å²) >= 11 is 0. The molecule has 1 aliphatic heterocycles. The number of nitrogens with one attached hydrogen (secondary N) is 1. The first-order valence-electron chi connectivity index (χ1n) is 13.3. The standard InChI is InChI=1S/C29H26F2N6O3/c30-22-4-1-3-21(25(22)31)17-7-9-24(26-18(15-17)6-8-19(16-32)34-26)40-29(39)36-13-10-20(11-14-36)37-23-5-2-12-33-27(23)35-28(37)38/h1-6,8,12,17,20,24H,7,9-11,13-15H2,(H,33,35,38). The van der Waals surface area contributed by atoms with E-state index in [-0.39, 0.29) is 28.9 Å². The maximum Gasteiger partial charge on any atom is 0.410 e. The maximum absolute atomic E-state index is 14.7. The number of carbonyl (C=O) groups excluding carboxylic acids is 1. The molecule has 1 fully saturated rings. The normalized spacial score (nSPS) is 19.6. The van der Waals surface area contributed by atoms with Crippen molar-refractivity contribution in [3.05, 3.63) is 93.3 Å². The van der Waals surface area contributed by atoms with Gasteiger partial charge in [0.2, 0.25) is 0 Å². The molecule has 2 unspecified atom stereocenters. The summed E-state index contributed by atoms with van der Waals surface area (Å²) in [6.07, 6.45) is 2.66. The van der Waals surface area contributed by atoms with Crippen LogP contribution in [0.2, 0.25) is 0 Å². The van der Waals surface area contributed by atoms with Crippen LogP contribution in [-0.2, 0) is 11.2 Å². The lowest BCUT2D eigenvalue weighted by molar-refractivity contribution is 0.0472. The first-order chi connectivity index (χ1) is 19.4. The van der Waals surface area contributed by atoms with E-state index in [4.69, 9.17) is 4.74 Å². The summed E-state index contributed by atoms with van der Waals surface area (Å²) in [4.78, 5) is 38.9. The molecular formula is C29H26F2N6O3. The molecule has 204 valence electrons. The number of likely N-dealkylation sites (tertiary alicyclic amines) is 1. The molecule has 9 nitrogen and oxygen atoms in total. The number of hydrogen-bond acceptors (Lipinski definition) is 6. The number of pyridine rings is 2. The Kier molecular flexibility index (Phi) is 6.76. The number of H-pyrrole nitrogens is 1. The van der Waals surface area contributed by atoms with Crippen LogP contribution in [0.1, 0.15) is 66.3 Å². The van der Waals surface area contributed by atoms with Gasteiger partial charge in [-0.2, -0.15) is 5.26 Å². The maximum atomic E-state index is 14.7. The van der Waals surface area contributed by atoms with E-state index in [9.17, 15) is 23.6 Å². The molecule has 4 aromatic rings. The first-order valence-corrected chi connectivity index (χ1v) is 13.3. The Labute approximate surface area is 228 Å². The molecule has 2 aliphatic rings. The number of carbonyl (C=O) groups is 1. The lowest BCUT2D eigenvalue weighted by atomic mass is 9.90. The van der Waals surface area contributed by atoms with Gasteiger partial charge in [-0.1, -0.05) is 18.2 Å². The van der Waals surface area contributed by atoms with Gasteiger partial charge >= 0.3 is 11.8 Å². The highest BCUT2D eigenvalue weighted by atomic mass is 19.2. The number of nitriles is 1. The number of piperidine rings is 1. The van der Waals surface area contributed by atoms with Gasteiger partial charge in [0.25, 0.3) is 0 Å². The lowest BCUT2D eigenvalue weighted by Gasteiger charge is -2.33. The van der Waals surface area contributed by atoms with Crippen molar-refractivity contribution in [2.24, 2.45) is 0 Å². The topological polar surface area (TPSA) is 117 Å². The molecule has 1 aliphatic carbocycles. The van der Waals surface area contributed by atoms with Gasteiger partial charge in [-0.15, -0.1) is 0 Å². The molecule has 1 N–H and O–H groups in total. The monoisotopic (exact) mass is 544 g/mol. The molecule has 1 amide bonds. The Morgan fingerprint density at radius 2 is 1.90 bits per heavy atom. The Morgan fingerprint density at radius 1 is 1.07 bits per heavy atom. The van der Waals surface area contributed by atoms with Gasteiger partial charge in [-0.3, -0.25) is 9.55 Å². The summed E-state index contributed by atoms with van der Waals surface area (Å²) in [6.45, 7) is 0.788. The van der Waals surface area contributed by atoms with Gasteiger partial charge in [0.15, 0.2) is 17.3 Å². The van der Waals surface area contributed by atoms with Crippen LogP contribution in [0.4, 0.5) is 13.6 Å². The number of amides is 1. The van der Waals surface area contributed by atoms with Crippen molar-refractivity contribution in [3.63, 3.8) is 0 Å². The Hall–Kier alpha value is -4.59. The number of benzene rings is 1. The number of ether oxygens (including phenoxy) is 1. The Morgan fingerprint density at radius 3 is 2.70 bits per heavy atom. The van der Waals surface area contributed by atoms with Crippen LogP contribution in [0.5, 0.6) is 0 Å². The first kappa shape index (κ1) is 25.7. The quantitative estimate of drug-likeness (QED) is 0.367. The molecule has 4 heterocycles. The summed E-state index contributed by atoms with van der Waals surface area (Å²) in [7, 11) is 0. The minimum Gasteiger partial charge on any atom is -0.440 e. The van der Waals surface area contributed by atoms with Crippen LogP contribution in [-0.4, -0.2) is 43.6 Å². The molecule has 3 aromatic heterocycles. The predicted octanol–water partition coefficient (Wildman–Crippen LogP) is 4.90. The summed E-state index contributed by atoms with van der Waals surface area (Å²) in [5.74, 6) is -2.12. The molecule has 1 aromatic carbocycles. The van der Waals surface area contributed by atoms with Crippen molar-refractivity contribution in [2.45, 2.75) is 50.2 Å². The average molecular weight is 545 g/mol. The van der Waals surface area contributed by atoms with Crippen LogP contribution >= 0.6 is 0 Å². The van der Waals surface area contributed by atoms with Gasteiger partial charge in [0.1, 0.15) is 17.9 Å². The second kappa shape index (κ2) is 10.5. The molecule has 11 heteroatoms. The molecular weight excluding hydrogens is 518 g/mol. The van der Waals surface area contributed by atoms with E-state index in [0.29, 0.717) is 56.5 Å². The molecule has 0 bridgehead atoms. The molecule has 0 radical (unpaired) electrons. The van der Waals surface area contributed by atoms with Crippen LogP contribution < -0.4 is 5.69 Å². The molecule has 2 atom stereocenters. The minimum atomic E-state index is -0.905. The van der Waals surface area contributed by atoms with Crippen LogP contribution in [0.25, 0.3) is 11.2 Å². The summed E-state index contributed by atoms with van der Waals surface area (Å²) in [5, 5.41) is 9.42. The van der Waals surface area contributed by atoms with Crippen molar-refractivity contribution in [1.82, 2.24) is 24.4 Å². The molecule has 0 spiro atoms. The van der Waals surface area contributed by atoms with Gasteiger partial charge in [0.05, 0.1) is 11.2 Å². The number of halogens is 2. The van der Waals surface area contributed by atoms with E-state index in [1.807, 2.05) is 12.1 Å². The van der Waals surface area contributed by atoms with Crippen molar-refractivity contribution < 1.29 is 18.3 Å². The fourth-order valence-electron chi connectivity index (χ4n) is 5.91. The number of hydrogen-bond donors (Lipinski definition) is 1. The average Bonchev–Trinajstić information content (AvgIpc) is 3.21. The third-order valence-corrected chi connectivity index (χ3v) is 7.92. The van der Waals surface area contributed by atoms with Crippen LogP contribution in [0.15, 0.2) is 53.5 Å². The van der Waals surface area contributed by atoms with Crippen molar-refractivity contribution in [3.8, 4) is 6.07 Å². The highest BCUT2D eigenvalue weighted by Gasteiger charge is 2.33. The summed E-state index contributed by atoms with van der Waals surface area (Å²) in [5.41, 5.74) is 2.69. The highest BCUT2D eigenvalue weighted by molar-refractivity contribution is 5.70. The zero-order valence-electron chi connectivity index (χ0n) is 21.5. The van der Waals surface area contributed by atoms with E-state index in [2.05, 4.69) is 15.0 Å². The zero-order valence-corrected chi connectivity index (χ0v) is 21.5. The molecule has 0 saturated carbocycles. The SMILES string of the molecule is N#Cc1ccc2c(n1)C(OC(=O)N1CCC(n3c(=O)[nH]c4ncccc43)CC1)CCC(c1cccc(F)c1F)C2. The summed E-state index contributed by atoms with van der Waals surface area (Å²) in [6, 6.07) is 13.0. The van der Waals surface area contributed by atoms with E-state index >= 15 is 0 Å². The van der Waals surface area contributed by atoms with Gasteiger partial charge in [-0.25, -0.2) is 28.3 Å². The van der Waals surface area contributed by atoms with Crippen LogP contribution in [0, 0.1) is 23.0 Å². The van der Waals surface area contributed by atoms with E-state index in [0.717, 1.165) is 17.1 Å². The molecule has 40 heavy (non-hydrogen) atoms. The van der Waals surface area contributed by atoms with Crippen molar-refractivity contribution in [1.29, 1.82) is 5.26 Å². The second-order valence-corrected chi connectivity index (χ2v) is 10.2. The van der Waals surface area contributed by atoms with Crippen LogP contribution in [0.3, 0.4) is 0 Å². The van der Waals surface area contributed by atoms with E-state index in [1.54, 1.807) is 39.9 Å². The Bertz CT molecular complexity index is 1690. The number of aromatic nitrogens is 4. The van der Waals surface area contributed by atoms with E-state index in [1.165, 1.54) is 6.07 Å². The fourth-order valence-corrected chi connectivity index (χ4v) is 5.91. The predicted molar refractivity (Wildman–Crippen MR) is 140 cm³/mol. The van der Waals surface area contributed by atoms with Gasteiger partial charge in [0, 0.05) is 25.3 Å². The lowest BCUT2D eigenvalue weighted by Crippen LogP contribution is -2.41. The molecule has 1 saturated heterocycles. The number of fused-ring (bicyclic) bond motifs is 2. The highest BCUT2D eigenvalue weighted by Crippen LogP contribution is 2.39. The second-order valence-electron chi connectivity index (χ2n) is 10.2. The largest absolute Gasteiger partial charge is 0.440 e. The number of aromatic amines is 1. The van der Waals surface area contributed by atoms with E-state index < -0.39 is 23.8 Å². The fraction of sp³-hybridized carbons (Fsp3) is 0.345.